The molecular formula is C14H13N5O3. The molecule has 0 bridgehead atoms. The van der Waals surface area contributed by atoms with E-state index in [4.69, 9.17) is 4.74 Å². The molecule has 0 atom stereocenters. The number of anilines is 1. The number of para-hydroxylation sites is 1. The Hall–Kier alpha value is -3.16. The highest BCUT2D eigenvalue weighted by Gasteiger charge is 2.15. The molecule has 0 amide bonds. The van der Waals surface area contributed by atoms with Crippen molar-refractivity contribution in [3.05, 3.63) is 52.6 Å². The van der Waals surface area contributed by atoms with Gasteiger partial charge in [-0.3, -0.25) is 10.1 Å². The van der Waals surface area contributed by atoms with Gasteiger partial charge in [-0.05, 0) is 24.3 Å². The number of methoxy groups -OCH3 is 1. The molecule has 0 spiro atoms. The van der Waals surface area contributed by atoms with Crippen LogP contribution in [-0.2, 0) is 6.67 Å². The normalized spacial score (nSPS) is 10.6. The van der Waals surface area contributed by atoms with E-state index in [9.17, 15) is 10.1 Å². The lowest BCUT2D eigenvalue weighted by molar-refractivity contribution is -0.384. The fourth-order valence-corrected chi connectivity index (χ4v) is 2.13. The number of ether oxygens (including phenoxy) is 1. The summed E-state index contributed by atoms with van der Waals surface area (Å²) in [4.78, 5) is 10.7. The van der Waals surface area contributed by atoms with Gasteiger partial charge in [0.05, 0.1) is 23.6 Å². The summed E-state index contributed by atoms with van der Waals surface area (Å²) in [6.45, 7) is 0.272. The average Bonchev–Trinajstić information content (AvgIpc) is 2.96. The molecule has 112 valence electrons. The number of hydrogen-bond acceptors (Lipinski definition) is 6. The molecule has 0 unspecified atom stereocenters. The number of nitrogens with one attached hydrogen (secondary N) is 1. The largest absolute Gasteiger partial charge is 0.496 e. The lowest BCUT2D eigenvalue weighted by Crippen LogP contribution is -2.10. The number of benzene rings is 2. The molecular weight excluding hydrogens is 286 g/mol. The van der Waals surface area contributed by atoms with E-state index < -0.39 is 4.92 Å². The van der Waals surface area contributed by atoms with Crippen molar-refractivity contribution in [2.75, 3.05) is 12.4 Å². The predicted molar refractivity (Wildman–Crippen MR) is 80.8 cm³/mol. The van der Waals surface area contributed by atoms with Crippen molar-refractivity contribution >= 4 is 22.4 Å². The van der Waals surface area contributed by atoms with Gasteiger partial charge in [0, 0.05) is 0 Å². The van der Waals surface area contributed by atoms with E-state index in [-0.39, 0.29) is 12.4 Å². The van der Waals surface area contributed by atoms with Crippen LogP contribution in [0.15, 0.2) is 42.5 Å². The first-order chi connectivity index (χ1) is 10.7. The molecule has 1 aromatic heterocycles. The number of nitro groups is 1. The first-order valence-electron chi connectivity index (χ1n) is 6.53. The standard InChI is InChI=1S/C14H13N5O3/c1-22-10-6-7-11(14(8-10)19(20)21)15-9-18-13-5-3-2-4-12(13)16-17-18/h2-8,15H,9H2,1H3. The maximum Gasteiger partial charge on any atom is 0.296 e. The molecule has 3 aromatic rings. The minimum atomic E-state index is -0.454. The van der Waals surface area contributed by atoms with Crippen LogP contribution in [0.5, 0.6) is 5.75 Å². The molecule has 1 heterocycles. The molecule has 1 N–H and O–H groups in total. The van der Waals surface area contributed by atoms with Crippen molar-refractivity contribution in [1.82, 2.24) is 15.0 Å². The summed E-state index contributed by atoms with van der Waals surface area (Å²) in [5.74, 6) is 0.434. The van der Waals surface area contributed by atoms with Gasteiger partial charge in [-0.15, -0.1) is 5.10 Å². The first-order valence-corrected chi connectivity index (χ1v) is 6.53. The molecule has 3 rings (SSSR count). The lowest BCUT2D eigenvalue weighted by Gasteiger charge is -2.08. The number of rotatable bonds is 5. The molecule has 0 saturated carbocycles. The Morgan fingerprint density at radius 1 is 1.32 bits per heavy atom. The van der Waals surface area contributed by atoms with Crippen LogP contribution in [0.1, 0.15) is 0 Å². The Kier molecular flexibility index (Phi) is 3.57. The maximum atomic E-state index is 11.1. The highest BCUT2D eigenvalue weighted by atomic mass is 16.6. The van der Waals surface area contributed by atoms with E-state index in [0.717, 1.165) is 11.0 Å². The van der Waals surface area contributed by atoms with Gasteiger partial charge in [0.25, 0.3) is 5.69 Å². The minimum Gasteiger partial charge on any atom is -0.496 e. The number of aromatic nitrogens is 3. The summed E-state index contributed by atoms with van der Waals surface area (Å²) in [7, 11) is 1.47. The van der Waals surface area contributed by atoms with E-state index in [2.05, 4.69) is 15.6 Å². The quantitative estimate of drug-likeness (QED) is 0.574. The monoisotopic (exact) mass is 299 g/mol. The summed E-state index contributed by atoms with van der Waals surface area (Å²) in [5.41, 5.74) is 1.97. The topological polar surface area (TPSA) is 95.1 Å². The van der Waals surface area contributed by atoms with Crippen LogP contribution in [0.4, 0.5) is 11.4 Å². The van der Waals surface area contributed by atoms with Gasteiger partial charge in [0.2, 0.25) is 0 Å². The smallest absolute Gasteiger partial charge is 0.296 e. The van der Waals surface area contributed by atoms with Crippen LogP contribution in [0.25, 0.3) is 11.0 Å². The van der Waals surface area contributed by atoms with Crippen LogP contribution >= 0.6 is 0 Å². The summed E-state index contributed by atoms with van der Waals surface area (Å²) < 4.78 is 6.65. The third-order valence-electron chi connectivity index (χ3n) is 3.24. The molecule has 0 saturated heterocycles. The van der Waals surface area contributed by atoms with Crippen molar-refractivity contribution in [2.24, 2.45) is 0 Å². The Bertz CT molecular complexity index is 830. The van der Waals surface area contributed by atoms with Crippen molar-refractivity contribution in [1.29, 1.82) is 0 Å². The molecule has 0 radical (unpaired) electrons. The molecule has 0 aliphatic carbocycles. The zero-order valence-electron chi connectivity index (χ0n) is 11.8. The number of hydrogen-bond donors (Lipinski definition) is 1. The van der Waals surface area contributed by atoms with E-state index in [1.165, 1.54) is 13.2 Å². The third-order valence-corrected chi connectivity index (χ3v) is 3.24. The van der Waals surface area contributed by atoms with Crippen LogP contribution in [0.3, 0.4) is 0 Å². The Labute approximate surface area is 125 Å². The number of nitrogens with zero attached hydrogens (tertiary/aromatic N) is 4. The van der Waals surface area contributed by atoms with Gasteiger partial charge in [0.15, 0.2) is 0 Å². The molecule has 0 aliphatic heterocycles. The SMILES string of the molecule is COc1ccc(NCn2nnc3ccccc32)c([N+](=O)[O-])c1. The molecule has 0 fully saturated rings. The van der Waals surface area contributed by atoms with Crippen molar-refractivity contribution in [3.8, 4) is 5.75 Å². The average molecular weight is 299 g/mol. The summed E-state index contributed by atoms with van der Waals surface area (Å²) in [5, 5.41) is 22.2. The van der Waals surface area contributed by atoms with Crippen molar-refractivity contribution < 1.29 is 9.66 Å². The van der Waals surface area contributed by atoms with Crippen LogP contribution in [0, 0.1) is 10.1 Å². The lowest BCUT2D eigenvalue weighted by atomic mass is 10.2. The fourth-order valence-electron chi connectivity index (χ4n) is 2.13. The van der Waals surface area contributed by atoms with Crippen molar-refractivity contribution in [2.45, 2.75) is 6.67 Å². The molecule has 0 aliphatic rings. The number of nitro benzene ring substituents is 1. The van der Waals surface area contributed by atoms with Crippen LogP contribution in [-0.4, -0.2) is 27.0 Å². The molecule has 8 nitrogen and oxygen atoms in total. The van der Waals surface area contributed by atoms with Gasteiger partial charge in [-0.1, -0.05) is 17.3 Å². The summed E-state index contributed by atoms with van der Waals surface area (Å²) >= 11 is 0. The highest BCUT2D eigenvalue weighted by Crippen LogP contribution is 2.29. The van der Waals surface area contributed by atoms with E-state index in [1.807, 2.05) is 24.3 Å². The molecule has 2 aromatic carbocycles. The van der Waals surface area contributed by atoms with Gasteiger partial charge in [-0.25, -0.2) is 4.68 Å². The van der Waals surface area contributed by atoms with Crippen LogP contribution < -0.4 is 10.1 Å². The first kappa shape index (κ1) is 13.8. The van der Waals surface area contributed by atoms with Gasteiger partial charge in [0.1, 0.15) is 23.6 Å². The second-order valence-corrected chi connectivity index (χ2v) is 4.55. The van der Waals surface area contributed by atoms with E-state index in [1.54, 1.807) is 16.8 Å². The molecule has 22 heavy (non-hydrogen) atoms. The van der Waals surface area contributed by atoms with Crippen LogP contribution in [0.2, 0.25) is 0 Å². The van der Waals surface area contributed by atoms with Gasteiger partial charge < -0.3 is 10.1 Å². The highest BCUT2D eigenvalue weighted by molar-refractivity contribution is 5.74. The third kappa shape index (κ3) is 2.53. The zero-order valence-corrected chi connectivity index (χ0v) is 11.8. The Balaban J connectivity index is 1.86. The Morgan fingerprint density at radius 2 is 2.14 bits per heavy atom. The van der Waals surface area contributed by atoms with Gasteiger partial charge in [-0.2, -0.15) is 0 Å². The van der Waals surface area contributed by atoms with E-state index in [0.29, 0.717) is 11.4 Å². The van der Waals surface area contributed by atoms with Crippen molar-refractivity contribution in [3.63, 3.8) is 0 Å². The zero-order chi connectivity index (χ0) is 15.5. The van der Waals surface area contributed by atoms with E-state index >= 15 is 0 Å². The maximum absolute atomic E-state index is 11.1. The fraction of sp³-hybridized carbons (Fsp3) is 0.143. The molecule has 8 heteroatoms. The second kappa shape index (κ2) is 5.68. The Morgan fingerprint density at radius 3 is 2.91 bits per heavy atom. The summed E-state index contributed by atoms with van der Waals surface area (Å²) in [6, 6.07) is 12.2. The predicted octanol–water partition coefficient (Wildman–Crippen LogP) is 2.42. The minimum absolute atomic E-state index is 0.0521. The number of fused-ring (bicyclic) bond motifs is 1. The summed E-state index contributed by atoms with van der Waals surface area (Å²) in [6.07, 6.45) is 0. The van der Waals surface area contributed by atoms with Gasteiger partial charge >= 0.3 is 0 Å². The second-order valence-electron chi connectivity index (χ2n) is 4.55.